The van der Waals surface area contributed by atoms with Crippen LogP contribution in [0.15, 0.2) is 46.9 Å². The number of amides is 1. The Balaban J connectivity index is 1.86. The molecule has 1 aliphatic rings. The van der Waals surface area contributed by atoms with Crippen LogP contribution < -0.4 is 9.80 Å². The highest BCUT2D eigenvalue weighted by atomic mass is 16.4. The standard InChI is InChI=1S/C15H16N2O2/c18-12-17(13-6-2-1-3-7-13)15-9-8-14(19-15)16-10-4-5-11-16/h1-3,6-9,12H,4-5,10-11H2. The lowest BCUT2D eigenvalue weighted by Crippen LogP contribution is -2.17. The third-order valence-electron chi connectivity index (χ3n) is 3.37. The lowest BCUT2D eigenvalue weighted by Gasteiger charge is -2.16. The van der Waals surface area contributed by atoms with Crippen LogP contribution in [0.4, 0.5) is 17.5 Å². The molecular weight excluding hydrogens is 240 g/mol. The van der Waals surface area contributed by atoms with E-state index in [0.717, 1.165) is 31.1 Å². The van der Waals surface area contributed by atoms with Gasteiger partial charge >= 0.3 is 0 Å². The fourth-order valence-electron chi connectivity index (χ4n) is 2.38. The van der Waals surface area contributed by atoms with Crippen LogP contribution in [-0.2, 0) is 4.79 Å². The van der Waals surface area contributed by atoms with Crippen LogP contribution in [-0.4, -0.2) is 19.5 Å². The molecule has 0 spiro atoms. The van der Waals surface area contributed by atoms with Crippen molar-refractivity contribution in [2.75, 3.05) is 22.9 Å². The lowest BCUT2D eigenvalue weighted by molar-refractivity contribution is -0.107. The fraction of sp³-hybridized carbons (Fsp3) is 0.267. The predicted octanol–water partition coefficient (Wildman–Crippen LogP) is 3.17. The lowest BCUT2D eigenvalue weighted by atomic mass is 10.3. The molecule has 4 heteroatoms. The van der Waals surface area contributed by atoms with E-state index in [9.17, 15) is 4.79 Å². The molecule has 1 aromatic carbocycles. The highest BCUT2D eigenvalue weighted by Crippen LogP contribution is 2.30. The summed E-state index contributed by atoms with van der Waals surface area (Å²) in [6, 6.07) is 13.3. The van der Waals surface area contributed by atoms with E-state index in [2.05, 4.69) is 4.90 Å². The number of carbonyl (C=O) groups excluding carboxylic acids is 1. The molecule has 1 amide bonds. The Morgan fingerprint density at radius 3 is 2.47 bits per heavy atom. The molecule has 0 unspecified atom stereocenters. The van der Waals surface area contributed by atoms with Gasteiger partial charge in [-0.05, 0) is 25.0 Å². The zero-order valence-electron chi connectivity index (χ0n) is 10.7. The number of benzene rings is 1. The smallest absolute Gasteiger partial charge is 0.221 e. The molecule has 0 bridgehead atoms. The van der Waals surface area contributed by atoms with Crippen molar-refractivity contribution < 1.29 is 9.21 Å². The summed E-state index contributed by atoms with van der Waals surface area (Å²) in [6.45, 7) is 2.05. The zero-order valence-corrected chi connectivity index (χ0v) is 10.7. The van der Waals surface area contributed by atoms with Gasteiger partial charge in [0.15, 0.2) is 5.88 Å². The number of nitrogens with zero attached hydrogens (tertiary/aromatic N) is 2. The molecule has 2 heterocycles. The van der Waals surface area contributed by atoms with Gasteiger partial charge in [0.2, 0.25) is 12.3 Å². The van der Waals surface area contributed by atoms with E-state index in [1.807, 2.05) is 42.5 Å². The average molecular weight is 256 g/mol. The Morgan fingerprint density at radius 1 is 1.05 bits per heavy atom. The van der Waals surface area contributed by atoms with Gasteiger partial charge in [0.1, 0.15) is 0 Å². The van der Waals surface area contributed by atoms with Gasteiger partial charge in [-0.1, -0.05) is 18.2 Å². The summed E-state index contributed by atoms with van der Waals surface area (Å²) in [6.07, 6.45) is 3.18. The van der Waals surface area contributed by atoms with Crippen molar-refractivity contribution in [1.82, 2.24) is 0 Å². The number of hydrogen-bond acceptors (Lipinski definition) is 3. The second-order valence-electron chi connectivity index (χ2n) is 4.62. The van der Waals surface area contributed by atoms with E-state index < -0.39 is 0 Å². The first-order valence-electron chi connectivity index (χ1n) is 6.53. The minimum Gasteiger partial charge on any atom is -0.424 e. The van der Waals surface area contributed by atoms with Crippen LogP contribution in [0.5, 0.6) is 0 Å². The molecule has 98 valence electrons. The molecule has 4 nitrogen and oxygen atoms in total. The van der Waals surface area contributed by atoms with Crippen LogP contribution in [0.2, 0.25) is 0 Å². The Morgan fingerprint density at radius 2 is 1.79 bits per heavy atom. The van der Waals surface area contributed by atoms with E-state index in [-0.39, 0.29) is 0 Å². The summed E-state index contributed by atoms with van der Waals surface area (Å²) in [7, 11) is 0. The summed E-state index contributed by atoms with van der Waals surface area (Å²) in [5.74, 6) is 1.40. The molecule has 1 fully saturated rings. The number of hydrogen-bond donors (Lipinski definition) is 0. The topological polar surface area (TPSA) is 36.7 Å². The van der Waals surface area contributed by atoms with Gasteiger partial charge in [-0.25, -0.2) is 0 Å². The van der Waals surface area contributed by atoms with E-state index in [0.29, 0.717) is 5.88 Å². The number of rotatable bonds is 4. The van der Waals surface area contributed by atoms with Gasteiger partial charge in [-0.15, -0.1) is 0 Å². The van der Waals surface area contributed by atoms with Crippen molar-refractivity contribution in [2.45, 2.75) is 12.8 Å². The van der Waals surface area contributed by atoms with Crippen LogP contribution in [0, 0.1) is 0 Å². The first-order valence-corrected chi connectivity index (χ1v) is 6.53. The van der Waals surface area contributed by atoms with Crippen LogP contribution in [0.25, 0.3) is 0 Å². The van der Waals surface area contributed by atoms with Gasteiger partial charge in [-0.2, -0.15) is 0 Å². The summed E-state index contributed by atoms with van der Waals surface area (Å²) < 4.78 is 5.80. The van der Waals surface area contributed by atoms with Crippen LogP contribution >= 0.6 is 0 Å². The predicted molar refractivity (Wildman–Crippen MR) is 74.8 cm³/mol. The first kappa shape index (κ1) is 11.8. The molecular formula is C15H16N2O2. The monoisotopic (exact) mass is 256 g/mol. The van der Waals surface area contributed by atoms with Crippen molar-refractivity contribution >= 4 is 23.9 Å². The number of furan rings is 1. The number of para-hydroxylation sites is 1. The van der Waals surface area contributed by atoms with Crippen molar-refractivity contribution in [3.05, 3.63) is 42.5 Å². The van der Waals surface area contributed by atoms with Gasteiger partial charge in [0.25, 0.3) is 0 Å². The third kappa shape index (κ3) is 2.34. The minimum atomic E-state index is 0.558. The maximum Gasteiger partial charge on any atom is 0.221 e. The molecule has 19 heavy (non-hydrogen) atoms. The van der Waals surface area contributed by atoms with E-state index in [4.69, 9.17) is 4.42 Å². The summed E-state index contributed by atoms with van der Waals surface area (Å²) in [5, 5.41) is 0. The summed E-state index contributed by atoms with van der Waals surface area (Å²) >= 11 is 0. The van der Waals surface area contributed by atoms with E-state index in [1.54, 1.807) is 0 Å². The van der Waals surface area contributed by atoms with E-state index in [1.165, 1.54) is 17.7 Å². The molecule has 0 aliphatic carbocycles. The van der Waals surface area contributed by atoms with Crippen molar-refractivity contribution in [2.24, 2.45) is 0 Å². The Labute approximate surface area is 112 Å². The largest absolute Gasteiger partial charge is 0.424 e. The Hall–Kier alpha value is -2.23. The van der Waals surface area contributed by atoms with Crippen LogP contribution in [0.3, 0.4) is 0 Å². The summed E-state index contributed by atoms with van der Waals surface area (Å²) in [4.78, 5) is 15.0. The number of anilines is 3. The SMILES string of the molecule is O=CN(c1ccccc1)c1ccc(N2CCCC2)o1. The quantitative estimate of drug-likeness (QED) is 0.788. The maximum atomic E-state index is 11.3. The van der Waals surface area contributed by atoms with Crippen molar-refractivity contribution in [3.63, 3.8) is 0 Å². The van der Waals surface area contributed by atoms with Crippen molar-refractivity contribution in [1.29, 1.82) is 0 Å². The maximum absolute atomic E-state index is 11.3. The molecule has 0 atom stereocenters. The van der Waals surface area contributed by atoms with Gasteiger partial charge in [-0.3, -0.25) is 9.69 Å². The highest BCUT2D eigenvalue weighted by Gasteiger charge is 2.18. The van der Waals surface area contributed by atoms with Crippen LogP contribution in [0.1, 0.15) is 12.8 Å². The second-order valence-corrected chi connectivity index (χ2v) is 4.62. The Bertz CT molecular complexity index is 544. The normalized spacial score (nSPS) is 14.6. The second kappa shape index (κ2) is 5.18. The fourth-order valence-corrected chi connectivity index (χ4v) is 2.38. The molecule has 1 aliphatic heterocycles. The zero-order chi connectivity index (χ0) is 13.1. The Kier molecular flexibility index (Phi) is 3.23. The van der Waals surface area contributed by atoms with Gasteiger partial charge < -0.3 is 9.32 Å². The molecule has 3 rings (SSSR count). The first-order chi connectivity index (χ1) is 9.38. The van der Waals surface area contributed by atoms with Gasteiger partial charge in [0.05, 0.1) is 5.69 Å². The summed E-state index contributed by atoms with van der Waals surface area (Å²) in [5.41, 5.74) is 0.805. The number of carbonyl (C=O) groups is 1. The molecule has 0 N–H and O–H groups in total. The average Bonchev–Trinajstić information content (AvgIpc) is 3.11. The molecule has 0 saturated carbocycles. The minimum absolute atomic E-state index is 0.558. The molecule has 0 radical (unpaired) electrons. The highest BCUT2D eigenvalue weighted by molar-refractivity contribution is 5.84. The molecule has 1 saturated heterocycles. The van der Waals surface area contributed by atoms with Gasteiger partial charge in [0, 0.05) is 25.2 Å². The third-order valence-corrected chi connectivity index (χ3v) is 3.37. The molecule has 2 aromatic rings. The molecule has 1 aromatic heterocycles. The van der Waals surface area contributed by atoms with Crippen molar-refractivity contribution in [3.8, 4) is 0 Å². The van der Waals surface area contributed by atoms with E-state index >= 15 is 0 Å².